The number of amides is 1. The van der Waals surface area contributed by atoms with Gasteiger partial charge in [-0.1, -0.05) is 0 Å². The van der Waals surface area contributed by atoms with Crippen molar-refractivity contribution >= 4 is 18.0 Å². The Morgan fingerprint density at radius 2 is 1.95 bits per heavy atom. The molecular formula is C14H20N2O6. The molecule has 0 saturated heterocycles. The number of carboxylic acid groups (broad SMARTS) is 1. The van der Waals surface area contributed by atoms with Crippen LogP contribution in [0.2, 0.25) is 0 Å². The second-order valence-electron chi connectivity index (χ2n) is 5.97. The monoisotopic (exact) mass is 312 g/mol. The fraction of sp³-hybridized carbons (Fsp3) is 0.714. The lowest BCUT2D eigenvalue weighted by Gasteiger charge is -2.22. The van der Waals surface area contributed by atoms with Crippen LogP contribution in [0.15, 0.2) is 0 Å². The Hall–Kier alpha value is -2.30. The van der Waals surface area contributed by atoms with Crippen LogP contribution in [0.3, 0.4) is 0 Å². The average molecular weight is 312 g/mol. The number of alkyl carbamates (subject to hydrolysis) is 1. The zero-order chi connectivity index (χ0) is 17.1. The van der Waals surface area contributed by atoms with Crippen LogP contribution >= 0.6 is 0 Å². The number of carbonyl (C=O) groups excluding carboxylic acids is 2. The summed E-state index contributed by atoms with van der Waals surface area (Å²) in [6.07, 6.45) is -0.911. The van der Waals surface area contributed by atoms with E-state index in [0.717, 1.165) is 0 Å². The third kappa shape index (κ3) is 4.35. The lowest BCUT2D eigenvalue weighted by Crippen LogP contribution is -2.45. The highest BCUT2D eigenvalue weighted by Crippen LogP contribution is 2.49. The molecule has 1 saturated carbocycles. The molecule has 1 amide bonds. The molecule has 0 aliphatic heterocycles. The molecule has 1 aliphatic rings. The normalized spacial score (nSPS) is 24.6. The third-order valence-electron chi connectivity index (χ3n) is 3.11. The van der Waals surface area contributed by atoms with Gasteiger partial charge >= 0.3 is 18.0 Å². The van der Waals surface area contributed by atoms with E-state index in [1.54, 1.807) is 27.7 Å². The molecule has 0 aromatic carbocycles. The minimum atomic E-state index is -1.38. The maximum Gasteiger partial charge on any atom is 0.408 e. The van der Waals surface area contributed by atoms with Crippen LogP contribution in [0.25, 0.3) is 0 Å². The number of nitrogens with zero attached hydrogens (tertiary/aromatic N) is 1. The zero-order valence-electron chi connectivity index (χ0n) is 13.0. The lowest BCUT2D eigenvalue weighted by atomic mass is 10.1. The summed E-state index contributed by atoms with van der Waals surface area (Å²) < 4.78 is 9.81. The minimum Gasteiger partial charge on any atom is -0.480 e. The fourth-order valence-electron chi connectivity index (χ4n) is 2.21. The van der Waals surface area contributed by atoms with Gasteiger partial charge in [0.05, 0.1) is 24.5 Å². The van der Waals surface area contributed by atoms with E-state index in [1.807, 2.05) is 6.07 Å². The van der Waals surface area contributed by atoms with Crippen LogP contribution < -0.4 is 5.32 Å². The number of carboxylic acids is 1. The second kappa shape index (κ2) is 6.64. The van der Waals surface area contributed by atoms with E-state index < -0.39 is 47.4 Å². The fourth-order valence-corrected chi connectivity index (χ4v) is 2.21. The van der Waals surface area contributed by atoms with E-state index >= 15 is 0 Å². The highest BCUT2D eigenvalue weighted by atomic mass is 16.6. The smallest absolute Gasteiger partial charge is 0.408 e. The Balaban J connectivity index is 2.80. The number of ether oxygens (including phenoxy) is 2. The molecule has 0 spiro atoms. The van der Waals surface area contributed by atoms with Gasteiger partial charge in [0.2, 0.25) is 0 Å². The average Bonchev–Trinajstić information content (AvgIpc) is 3.07. The van der Waals surface area contributed by atoms with Crippen molar-refractivity contribution in [1.82, 2.24) is 5.32 Å². The van der Waals surface area contributed by atoms with Gasteiger partial charge < -0.3 is 19.9 Å². The first-order valence-corrected chi connectivity index (χ1v) is 6.91. The molecule has 8 nitrogen and oxygen atoms in total. The maximum absolute atomic E-state index is 11.7. The Morgan fingerprint density at radius 1 is 1.36 bits per heavy atom. The summed E-state index contributed by atoms with van der Waals surface area (Å²) in [4.78, 5) is 34.8. The molecule has 22 heavy (non-hydrogen) atoms. The first kappa shape index (κ1) is 17.8. The highest BCUT2D eigenvalue weighted by Gasteiger charge is 2.62. The molecular weight excluding hydrogens is 292 g/mol. The van der Waals surface area contributed by atoms with Gasteiger partial charge in [-0.05, 0) is 27.7 Å². The maximum atomic E-state index is 11.7. The van der Waals surface area contributed by atoms with Crippen molar-refractivity contribution in [3.63, 3.8) is 0 Å². The van der Waals surface area contributed by atoms with Crippen LogP contribution in [0.1, 0.15) is 27.7 Å². The molecule has 0 bridgehead atoms. The number of aliphatic carboxylic acids is 1. The van der Waals surface area contributed by atoms with Gasteiger partial charge in [0, 0.05) is 5.92 Å². The van der Waals surface area contributed by atoms with Crippen molar-refractivity contribution in [3.8, 4) is 6.07 Å². The van der Waals surface area contributed by atoms with Gasteiger partial charge in [0.15, 0.2) is 0 Å². The minimum absolute atomic E-state index is 0.136. The molecule has 0 aromatic heterocycles. The number of nitriles is 1. The SMILES string of the molecule is CCOC(=O)C1C(C#N)C1C(NC(=O)OC(C)(C)C)C(=O)O. The molecule has 0 heterocycles. The van der Waals surface area contributed by atoms with Crippen molar-refractivity contribution in [3.05, 3.63) is 0 Å². The Bertz CT molecular complexity index is 504. The molecule has 4 unspecified atom stereocenters. The lowest BCUT2D eigenvalue weighted by molar-refractivity contribution is -0.145. The third-order valence-corrected chi connectivity index (χ3v) is 3.11. The van der Waals surface area contributed by atoms with E-state index in [1.165, 1.54) is 0 Å². The molecule has 4 atom stereocenters. The first-order valence-electron chi connectivity index (χ1n) is 6.91. The molecule has 1 fully saturated rings. The van der Waals surface area contributed by atoms with Gasteiger partial charge in [-0.3, -0.25) is 4.79 Å². The first-order chi connectivity index (χ1) is 10.1. The molecule has 2 N–H and O–H groups in total. The number of hydrogen-bond acceptors (Lipinski definition) is 6. The van der Waals surface area contributed by atoms with Crippen LogP contribution in [0.4, 0.5) is 4.79 Å². The summed E-state index contributed by atoms with van der Waals surface area (Å²) in [5, 5.41) is 20.5. The second-order valence-corrected chi connectivity index (χ2v) is 5.97. The molecule has 1 rings (SSSR count). The van der Waals surface area contributed by atoms with Crippen molar-refractivity contribution < 1.29 is 29.0 Å². The quantitative estimate of drug-likeness (QED) is 0.722. The summed E-state index contributed by atoms with van der Waals surface area (Å²) in [6, 6.07) is 0.498. The van der Waals surface area contributed by atoms with Crippen molar-refractivity contribution in [2.75, 3.05) is 6.61 Å². The van der Waals surface area contributed by atoms with Crippen molar-refractivity contribution in [2.45, 2.75) is 39.3 Å². The van der Waals surface area contributed by atoms with Crippen LogP contribution in [0.5, 0.6) is 0 Å². The Morgan fingerprint density at radius 3 is 2.36 bits per heavy atom. The standard InChI is InChI=1S/C14H20N2O6/c1-5-21-12(19)9-7(6-15)8(9)10(11(17)18)16-13(20)22-14(2,3)4/h7-10H,5H2,1-4H3,(H,16,20)(H,17,18). The summed E-state index contributed by atoms with van der Waals surface area (Å²) in [6.45, 7) is 6.67. The summed E-state index contributed by atoms with van der Waals surface area (Å²) in [5.41, 5.74) is -0.786. The molecule has 0 radical (unpaired) electrons. The summed E-state index contributed by atoms with van der Waals surface area (Å²) in [7, 11) is 0. The van der Waals surface area contributed by atoms with E-state index in [2.05, 4.69) is 5.32 Å². The van der Waals surface area contributed by atoms with Crippen LogP contribution in [0, 0.1) is 29.1 Å². The Kier molecular flexibility index (Phi) is 5.36. The number of carbonyl (C=O) groups is 3. The highest BCUT2D eigenvalue weighted by molar-refractivity contribution is 5.85. The molecule has 122 valence electrons. The van der Waals surface area contributed by atoms with E-state index in [4.69, 9.17) is 14.7 Å². The van der Waals surface area contributed by atoms with Gasteiger partial charge in [0.1, 0.15) is 11.6 Å². The van der Waals surface area contributed by atoms with Crippen molar-refractivity contribution in [2.24, 2.45) is 17.8 Å². The largest absolute Gasteiger partial charge is 0.480 e. The van der Waals surface area contributed by atoms with Gasteiger partial charge in [-0.15, -0.1) is 0 Å². The molecule has 8 heteroatoms. The predicted octanol–water partition coefficient (Wildman–Crippen LogP) is 0.913. The summed E-state index contributed by atoms with van der Waals surface area (Å²) >= 11 is 0. The van der Waals surface area contributed by atoms with Crippen molar-refractivity contribution in [1.29, 1.82) is 5.26 Å². The van der Waals surface area contributed by atoms with Crippen LogP contribution in [-0.2, 0) is 19.1 Å². The number of nitrogens with one attached hydrogen (secondary N) is 1. The van der Waals surface area contributed by atoms with Gasteiger partial charge in [0.25, 0.3) is 0 Å². The molecule has 0 aromatic rings. The van der Waals surface area contributed by atoms with E-state index in [0.29, 0.717) is 0 Å². The van der Waals surface area contributed by atoms with E-state index in [9.17, 15) is 19.5 Å². The number of rotatable bonds is 5. The number of esters is 1. The number of hydrogen-bond donors (Lipinski definition) is 2. The van der Waals surface area contributed by atoms with E-state index in [-0.39, 0.29) is 6.61 Å². The Labute approximate surface area is 128 Å². The van der Waals surface area contributed by atoms with Gasteiger partial charge in [-0.2, -0.15) is 5.26 Å². The van der Waals surface area contributed by atoms with Crippen LogP contribution in [-0.4, -0.2) is 41.4 Å². The predicted molar refractivity (Wildman–Crippen MR) is 73.5 cm³/mol. The topological polar surface area (TPSA) is 126 Å². The molecule has 1 aliphatic carbocycles. The summed E-state index contributed by atoms with van der Waals surface area (Å²) in [5.74, 6) is -4.43. The zero-order valence-corrected chi connectivity index (χ0v) is 13.0. The van der Waals surface area contributed by atoms with Gasteiger partial charge in [-0.25, -0.2) is 9.59 Å².